The Morgan fingerprint density at radius 1 is 1.03 bits per heavy atom. The zero-order valence-corrected chi connectivity index (χ0v) is 18.1. The molecule has 0 aliphatic rings. The molecule has 2 N–H and O–H groups in total. The number of aromatic nitrogens is 4. The smallest absolute Gasteiger partial charge is 0.260 e. The van der Waals surface area contributed by atoms with Crippen LogP contribution >= 0.6 is 0 Å². The molecule has 3 aromatic carbocycles. The van der Waals surface area contributed by atoms with E-state index in [2.05, 4.69) is 30.6 Å². The van der Waals surface area contributed by atoms with Crippen molar-refractivity contribution in [1.29, 1.82) is 5.26 Å². The fourth-order valence-electron chi connectivity index (χ4n) is 3.53. The second-order valence-electron chi connectivity index (χ2n) is 7.33. The maximum absolute atomic E-state index is 13.2. The van der Waals surface area contributed by atoms with Crippen LogP contribution in [0.1, 0.15) is 15.9 Å². The Bertz CT molecular complexity index is 1610. The van der Waals surface area contributed by atoms with Crippen molar-refractivity contribution in [2.24, 2.45) is 10.2 Å². The van der Waals surface area contributed by atoms with Gasteiger partial charge in [-0.2, -0.15) is 15.0 Å². The Morgan fingerprint density at radius 3 is 2.60 bits per heavy atom. The molecule has 10 heteroatoms. The fraction of sp³-hybridized carbons (Fsp3) is 0. The Hall–Kier alpha value is -5.43. The van der Waals surface area contributed by atoms with Crippen molar-refractivity contribution >= 4 is 33.9 Å². The molecule has 0 aliphatic carbocycles. The van der Waals surface area contributed by atoms with E-state index in [9.17, 15) is 15.2 Å². The van der Waals surface area contributed by atoms with Crippen molar-refractivity contribution < 1.29 is 9.90 Å². The minimum absolute atomic E-state index is 0.0534. The van der Waals surface area contributed by atoms with Crippen LogP contribution in [0, 0.1) is 11.3 Å². The lowest BCUT2D eigenvalue weighted by Gasteiger charge is -2.12. The first-order valence-corrected chi connectivity index (χ1v) is 10.4. The second-order valence-corrected chi connectivity index (χ2v) is 7.33. The van der Waals surface area contributed by atoms with E-state index in [0.717, 1.165) is 0 Å². The standard InChI is InChI=1S/C25H16N8O2/c26-13-17-14-29-33(21-15-27-10-11-28-21)24(17)32-31-20-12-16-6-4-5-9-19(16)22(23(20)34)25(35)30-18-7-2-1-3-8-18/h1-12,14-15,34H,(H,30,35). The number of hydrogen-bond acceptors (Lipinski definition) is 8. The molecule has 0 saturated heterocycles. The van der Waals surface area contributed by atoms with Crippen molar-refractivity contribution in [2.45, 2.75) is 0 Å². The van der Waals surface area contributed by atoms with Crippen LogP contribution in [0.3, 0.4) is 0 Å². The van der Waals surface area contributed by atoms with E-state index in [4.69, 9.17) is 0 Å². The van der Waals surface area contributed by atoms with Crippen LogP contribution in [0.2, 0.25) is 0 Å². The summed E-state index contributed by atoms with van der Waals surface area (Å²) in [4.78, 5) is 21.3. The van der Waals surface area contributed by atoms with E-state index in [1.807, 2.05) is 18.2 Å². The normalized spacial score (nSPS) is 10.9. The minimum atomic E-state index is -0.496. The lowest BCUT2D eigenvalue weighted by atomic mass is 10.0. The van der Waals surface area contributed by atoms with E-state index < -0.39 is 5.91 Å². The van der Waals surface area contributed by atoms with Gasteiger partial charge in [0.1, 0.15) is 17.3 Å². The van der Waals surface area contributed by atoms with Gasteiger partial charge in [-0.25, -0.2) is 4.98 Å². The number of hydrogen-bond donors (Lipinski definition) is 2. The predicted molar refractivity (Wildman–Crippen MR) is 128 cm³/mol. The number of carbonyl (C=O) groups excluding carboxylic acids is 1. The monoisotopic (exact) mass is 460 g/mol. The van der Waals surface area contributed by atoms with Gasteiger partial charge >= 0.3 is 0 Å². The third-order valence-electron chi connectivity index (χ3n) is 5.14. The number of fused-ring (bicyclic) bond motifs is 1. The maximum Gasteiger partial charge on any atom is 0.260 e. The van der Waals surface area contributed by atoms with E-state index in [-0.39, 0.29) is 28.4 Å². The molecule has 1 amide bonds. The number of para-hydroxylation sites is 1. The van der Waals surface area contributed by atoms with Crippen LogP contribution in [-0.2, 0) is 0 Å². The summed E-state index contributed by atoms with van der Waals surface area (Å²) >= 11 is 0. The van der Waals surface area contributed by atoms with Crippen LogP contribution in [0.4, 0.5) is 17.2 Å². The highest BCUT2D eigenvalue weighted by Gasteiger charge is 2.20. The van der Waals surface area contributed by atoms with E-state index in [1.165, 1.54) is 29.5 Å². The van der Waals surface area contributed by atoms with Gasteiger partial charge in [0.25, 0.3) is 5.91 Å². The third kappa shape index (κ3) is 4.17. The number of amides is 1. The minimum Gasteiger partial charge on any atom is -0.505 e. The Balaban J connectivity index is 1.60. The average molecular weight is 460 g/mol. The molecule has 0 atom stereocenters. The zero-order valence-electron chi connectivity index (χ0n) is 18.1. The molecule has 0 bridgehead atoms. The number of nitrogens with zero attached hydrogens (tertiary/aromatic N) is 7. The van der Waals surface area contributed by atoms with Crippen LogP contribution < -0.4 is 5.32 Å². The summed E-state index contributed by atoms with van der Waals surface area (Å²) in [6.07, 6.45) is 5.79. The number of aromatic hydroxyl groups is 1. The molecule has 0 radical (unpaired) electrons. The largest absolute Gasteiger partial charge is 0.505 e. The van der Waals surface area contributed by atoms with E-state index in [1.54, 1.807) is 48.5 Å². The van der Waals surface area contributed by atoms with Gasteiger partial charge < -0.3 is 10.4 Å². The molecule has 0 unspecified atom stereocenters. The first kappa shape index (κ1) is 21.4. The van der Waals surface area contributed by atoms with Crippen LogP contribution in [-0.4, -0.2) is 30.8 Å². The highest BCUT2D eigenvalue weighted by molar-refractivity contribution is 6.16. The molecular formula is C25H16N8O2. The third-order valence-corrected chi connectivity index (χ3v) is 5.14. The van der Waals surface area contributed by atoms with Crippen LogP contribution in [0.25, 0.3) is 16.6 Å². The quantitative estimate of drug-likeness (QED) is 0.351. The summed E-state index contributed by atoms with van der Waals surface area (Å²) in [5, 5.41) is 37.1. The molecule has 2 aromatic heterocycles. The van der Waals surface area contributed by atoms with E-state index >= 15 is 0 Å². The van der Waals surface area contributed by atoms with Crippen molar-refractivity contribution in [2.75, 3.05) is 5.32 Å². The summed E-state index contributed by atoms with van der Waals surface area (Å²) in [5.41, 5.74) is 0.850. The average Bonchev–Trinajstić information content (AvgIpc) is 3.31. The van der Waals surface area contributed by atoms with Crippen LogP contribution in [0.15, 0.2) is 95.7 Å². The van der Waals surface area contributed by atoms with Gasteiger partial charge in [-0.1, -0.05) is 42.5 Å². The molecule has 0 saturated carbocycles. The number of benzene rings is 3. The Morgan fingerprint density at radius 2 is 1.83 bits per heavy atom. The lowest BCUT2D eigenvalue weighted by molar-refractivity contribution is 0.102. The predicted octanol–water partition coefficient (Wildman–Crippen LogP) is 5.06. The molecule has 0 aliphatic heterocycles. The maximum atomic E-state index is 13.2. The summed E-state index contributed by atoms with van der Waals surface area (Å²) in [6.45, 7) is 0. The zero-order chi connectivity index (χ0) is 24.2. The van der Waals surface area contributed by atoms with E-state index in [0.29, 0.717) is 22.3 Å². The van der Waals surface area contributed by atoms with Crippen molar-refractivity contribution in [1.82, 2.24) is 19.7 Å². The van der Waals surface area contributed by atoms with Gasteiger partial charge in [-0.05, 0) is 29.0 Å². The van der Waals surface area contributed by atoms with Gasteiger partial charge in [-0.3, -0.25) is 9.78 Å². The summed E-state index contributed by atoms with van der Waals surface area (Å²) in [6, 6.07) is 19.7. The summed E-state index contributed by atoms with van der Waals surface area (Å²) in [5.74, 6) is -0.390. The lowest BCUT2D eigenvalue weighted by Crippen LogP contribution is -2.12. The topological polar surface area (TPSA) is 141 Å². The molecule has 10 nitrogen and oxygen atoms in total. The molecule has 35 heavy (non-hydrogen) atoms. The number of carbonyl (C=O) groups is 1. The number of anilines is 1. The van der Waals surface area contributed by atoms with Gasteiger partial charge in [0, 0.05) is 18.1 Å². The Labute approximate surface area is 198 Å². The number of phenols is 1. The first-order valence-electron chi connectivity index (χ1n) is 10.4. The number of phenolic OH excluding ortho intramolecular Hbond substituents is 1. The SMILES string of the molecule is N#Cc1cnn(-c2cnccn2)c1N=Nc1cc2ccccc2c(C(=O)Nc2ccccc2)c1O. The molecule has 5 rings (SSSR count). The second kappa shape index (κ2) is 9.21. The number of nitriles is 1. The molecule has 168 valence electrons. The van der Waals surface area contributed by atoms with Crippen molar-refractivity contribution in [3.8, 4) is 17.6 Å². The first-order chi connectivity index (χ1) is 17.2. The Kier molecular flexibility index (Phi) is 5.63. The number of nitrogens with one attached hydrogen (secondary N) is 1. The number of azo groups is 1. The van der Waals surface area contributed by atoms with Crippen LogP contribution in [0.5, 0.6) is 5.75 Å². The van der Waals surface area contributed by atoms with Gasteiger partial charge in [0.05, 0.1) is 18.0 Å². The number of rotatable bonds is 5. The molecule has 5 aromatic rings. The summed E-state index contributed by atoms with van der Waals surface area (Å²) < 4.78 is 1.32. The van der Waals surface area contributed by atoms with Crippen molar-refractivity contribution in [3.05, 3.63) is 96.6 Å². The fourth-order valence-corrected chi connectivity index (χ4v) is 3.53. The molecule has 0 spiro atoms. The van der Waals surface area contributed by atoms with Gasteiger partial charge in [-0.15, -0.1) is 10.2 Å². The molecular weight excluding hydrogens is 444 g/mol. The van der Waals surface area contributed by atoms with Gasteiger partial charge in [0.2, 0.25) is 0 Å². The van der Waals surface area contributed by atoms with Crippen molar-refractivity contribution in [3.63, 3.8) is 0 Å². The summed E-state index contributed by atoms with van der Waals surface area (Å²) in [7, 11) is 0. The van der Waals surface area contributed by atoms with Gasteiger partial charge in [0.15, 0.2) is 17.4 Å². The molecule has 0 fully saturated rings. The molecule has 2 heterocycles. The highest BCUT2D eigenvalue weighted by atomic mass is 16.3. The highest BCUT2D eigenvalue weighted by Crippen LogP contribution is 2.38.